The van der Waals surface area contributed by atoms with E-state index in [1.165, 1.54) is 0 Å². The number of para-hydroxylation sites is 1. The van der Waals surface area contributed by atoms with Gasteiger partial charge in [0.2, 0.25) is 0 Å². The van der Waals surface area contributed by atoms with E-state index >= 15 is 0 Å². The van der Waals surface area contributed by atoms with E-state index < -0.39 is 32.7 Å². The summed E-state index contributed by atoms with van der Waals surface area (Å²) >= 11 is 0. The van der Waals surface area contributed by atoms with Crippen LogP contribution in [-0.2, 0) is 0 Å². The number of amides is 1. The molecule has 9 nitrogen and oxygen atoms in total. The van der Waals surface area contributed by atoms with Gasteiger partial charge in [0, 0.05) is 6.07 Å². The number of nitrogens with two attached hydrogens (primary N) is 1. The summed E-state index contributed by atoms with van der Waals surface area (Å²) in [6.07, 6.45) is 0. The van der Waals surface area contributed by atoms with E-state index in [2.05, 4.69) is 0 Å². The van der Waals surface area contributed by atoms with E-state index in [1.807, 2.05) is 0 Å². The van der Waals surface area contributed by atoms with E-state index in [4.69, 9.17) is 5.84 Å². The largest absolute Gasteiger partial charge is 0.358 e. The predicted octanol–water partition coefficient (Wildman–Crippen LogP) is 0.106. The van der Waals surface area contributed by atoms with Crippen LogP contribution in [0.3, 0.4) is 0 Å². The Labute approximate surface area is 88.1 Å². The highest BCUT2D eigenvalue weighted by Crippen LogP contribution is 2.29. The lowest BCUT2D eigenvalue weighted by atomic mass is 10.1. The Morgan fingerprint density at radius 3 is 2.31 bits per heavy atom. The third-order valence-electron chi connectivity index (χ3n) is 1.77. The van der Waals surface area contributed by atoms with Crippen molar-refractivity contribution in [2.24, 2.45) is 5.84 Å². The first-order chi connectivity index (χ1) is 7.49. The molecule has 1 aromatic rings. The van der Waals surface area contributed by atoms with Crippen molar-refractivity contribution in [3.63, 3.8) is 0 Å². The fraction of sp³-hybridized carbons (Fsp3) is 0. The number of nitrogen functional groups attached to an aromatic ring is 1. The molecule has 0 heterocycles. The number of hydrogen-bond donors (Lipinski definition) is 2. The van der Waals surface area contributed by atoms with Gasteiger partial charge in [-0.2, -0.15) is 0 Å². The molecule has 0 aromatic heterocycles. The van der Waals surface area contributed by atoms with Crippen molar-refractivity contribution in [2.75, 3.05) is 0 Å². The van der Waals surface area contributed by atoms with E-state index in [0.717, 1.165) is 18.2 Å². The maximum absolute atomic E-state index is 11.2. The fourth-order valence-electron chi connectivity index (χ4n) is 1.13. The molecule has 0 unspecified atom stereocenters. The lowest BCUT2D eigenvalue weighted by Crippen LogP contribution is -2.30. The molecule has 1 amide bonds. The molecular weight excluding hydrogens is 220 g/mol. The van der Waals surface area contributed by atoms with Gasteiger partial charge in [0.15, 0.2) is 0 Å². The molecule has 0 aliphatic rings. The monoisotopic (exact) mass is 226 g/mol. The van der Waals surface area contributed by atoms with Crippen LogP contribution in [0.15, 0.2) is 18.2 Å². The molecule has 0 bridgehead atoms. The maximum Gasteiger partial charge on any atom is 0.358 e. The van der Waals surface area contributed by atoms with E-state index in [1.54, 1.807) is 5.43 Å². The molecule has 0 aliphatic heterocycles. The summed E-state index contributed by atoms with van der Waals surface area (Å²) in [5.74, 6) is 3.84. The third kappa shape index (κ3) is 1.93. The summed E-state index contributed by atoms with van der Waals surface area (Å²) in [6.45, 7) is 0. The zero-order chi connectivity index (χ0) is 12.3. The van der Waals surface area contributed by atoms with Gasteiger partial charge in [-0.3, -0.25) is 30.4 Å². The van der Waals surface area contributed by atoms with Gasteiger partial charge >= 0.3 is 11.4 Å². The second-order valence-electron chi connectivity index (χ2n) is 2.66. The highest BCUT2D eigenvalue weighted by Gasteiger charge is 2.30. The molecule has 0 saturated heterocycles. The number of nitrogens with one attached hydrogen (secondary N) is 1. The van der Waals surface area contributed by atoms with Crippen LogP contribution in [0, 0.1) is 20.2 Å². The van der Waals surface area contributed by atoms with Gasteiger partial charge in [-0.15, -0.1) is 0 Å². The number of carbonyl (C=O) groups is 1. The van der Waals surface area contributed by atoms with Gasteiger partial charge in [-0.25, -0.2) is 5.84 Å². The first-order valence-corrected chi connectivity index (χ1v) is 3.91. The van der Waals surface area contributed by atoms with Crippen LogP contribution in [0.5, 0.6) is 0 Å². The standard InChI is InChI=1S/C7H6N4O5/c8-9-7(12)4-2-1-3-5(10(13)14)6(4)11(15)16/h1-3H,8H2,(H,9,12). The maximum atomic E-state index is 11.2. The number of hydrogen-bond acceptors (Lipinski definition) is 6. The van der Waals surface area contributed by atoms with Gasteiger partial charge in [-0.05, 0) is 6.07 Å². The summed E-state index contributed by atoms with van der Waals surface area (Å²) < 4.78 is 0. The van der Waals surface area contributed by atoms with Gasteiger partial charge in [0.05, 0.1) is 9.85 Å². The molecular formula is C7H6N4O5. The van der Waals surface area contributed by atoms with Crippen LogP contribution in [0.25, 0.3) is 0 Å². The van der Waals surface area contributed by atoms with E-state index in [9.17, 15) is 25.0 Å². The Hall–Kier alpha value is -2.55. The van der Waals surface area contributed by atoms with Crippen LogP contribution >= 0.6 is 0 Å². The Balaban J connectivity index is 3.51. The second kappa shape index (κ2) is 4.31. The minimum atomic E-state index is -0.997. The molecule has 0 spiro atoms. The molecule has 0 fully saturated rings. The summed E-state index contributed by atoms with van der Waals surface area (Å²) in [7, 11) is 0. The SMILES string of the molecule is NNC(=O)c1cccc([N+](=O)[O-])c1[N+](=O)[O-]. The molecule has 0 atom stereocenters. The van der Waals surface area contributed by atoms with Crippen molar-refractivity contribution in [3.8, 4) is 0 Å². The minimum Gasteiger partial charge on any atom is -0.290 e. The zero-order valence-corrected chi connectivity index (χ0v) is 7.75. The third-order valence-corrected chi connectivity index (χ3v) is 1.77. The Kier molecular flexibility index (Phi) is 3.11. The van der Waals surface area contributed by atoms with Gasteiger partial charge in [0.25, 0.3) is 5.91 Å². The van der Waals surface area contributed by atoms with Gasteiger partial charge in [0.1, 0.15) is 5.56 Å². The molecule has 16 heavy (non-hydrogen) atoms. The van der Waals surface area contributed by atoms with Crippen LogP contribution in [0.1, 0.15) is 10.4 Å². The smallest absolute Gasteiger partial charge is 0.290 e. The highest BCUT2D eigenvalue weighted by atomic mass is 16.6. The zero-order valence-electron chi connectivity index (χ0n) is 7.75. The van der Waals surface area contributed by atoms with Crippen LogP contribution in [0.4, 0.5) is 11.4 Å². The Morgan fingerprint density at radius 1 is 1.25 bits per heavy atom. The van der Waals surface area contributed by atoms with Crippen molar-refractivity contribution in [3.05, 3.63) is 44.0 Å². The van der Waals surface area contributed by atoms with Crippen LogP contribution < -0.4 is 11.3 Å². The topological polar surface area (TPSA) is 141 Å². The van der Waals surface area contributed by atoms with Crippen molar-refractivity contribution < 1.29 is 14.6 Å². The first kappa shape index (κ1) is 11.5. The number of nitro benzene ring substituents is 2. The fourth-order valence-corrected chi connectivity index (χ4v) is 1.13. The molecule has 0 radical (unpaired) electrons. The van der Waals surface area contributed by atoms with E-state index in [-0.39, 0.29) is 0 Å². The van der Waals surface area contributed by atoms with Crippen molar-refractivity contribution in [1.29, 1.82) is 0 Å². The molecule has 1 aromatic carbocycles. The molecule has 9 heteroatoms. The highest BCUT2D eigenvalue weighted by molar-refractivity contribution is 5.99. The minimum absolute atomic E-state index is 0.457. The predicted molar refractivity (Wildman–Crippen MR) is 51.4 cm³/mol. The van der Waals surface area contributed by atoms with Crippen LogP contribution in [0.2, 0.25) is 0 Å². The van der Waals surface area contributed by atoms with E-state index in [0.29, 0.717) is 0 Å². The average molecular weight is 226 g/mol. The lowest BCUT2D eigenvalue weighted by molar-refractivity contribution is -0.422. The normalized spacial score (nSPS) is 9.56. The molecule has 84 valence electrons. The van der Waals surface area contributed by atoms with Crippen LogP contribution in [-0.4, -0.2) is 15.8 Å². The molecule has 3 N–H and O–H groups in total. The summed E-state index contributed by atoms with van der Waals surface area (Å²) in [5.41, 5.74) is -0.418. The number of nitro groups is 2. The average Bonchev–Trinajstić information content (AvgIpc) is 2.26. The van der Waals surface area contributed by atoms with Crippen molar-refractivity contribution in [1.82, 2.24) is 5.43 Å². The summed E-state index contributed by atoms with van der Waals surface area (Å²) in [4.78, 5) is 30.4. The lowest BCUT2D eigenvalue weighted by Gasteiger charge is -2.01. The number of benzene rings is 1. The van der Waals surface area contributed by atoms with Gasteiger partial charge < -0.3 is 0 Å². The second-order valence-corrected chi connectivity index (χ2v) is 2.66. The first-order valence-electron chi connectivity index (χ1n) is 3.91. The molecule has 0 saturated carbocycles. The number of hydrazine groups is 1. The summed E-state index contributed by atoms with van der Waals surface area (Å²) in [5, 5.41) is 21.2. The quantitative estimate of drug-likeness (QED) is 0.324. The molecule has 1 rings (SSSR count). The number of carbonyl (C=O) groups excluding carboxylic acids is 1. The number of rotatable bonds is 3. The van der Waals surface area contributed by atoms with Crippen molar-refractivity contribution in [2.45, 2.75) is 0 Å². The number of nitrogens with zero attached hydrogens (tertiary/aromatic N) is 2. The molecule has 0 aliphatic carbocycles. The Morgan fingerprint density at radius 2 is 1.88 bits per heavy atom. The van der Waals surface area contributed by atoms with Crippen molar-refractivity contribution >= 4 is 17.3 Å². The van der Waals surface area contributed by atoms with Gasteiger partial charge in [-0.1, -0.05) is 6.07 Å². The summed E-state index contributed by atoms with van der Waals surface area (Å²) in [6, 6.07) is 3.18. The Bertz CT molecular complexity index is 472.